The number of nitro groups is 1. The summed E-state index contributed by atoms with van der Waals surface area (Å²) in [6.07, 6.45) is 3.93. The van der Waals surface area contributed by atoms with Gasteiger partial charge in [0.05, 0.1) is 17.2 Å². The molecule has 1 atom stereocenters. The molecule has 1 fully saturated rings. The van der Waals surface area contributed by atoms with Crippen LogP contribution in [0.2, 0.25) is 0 Å². The minimum absolute atomic E-state index is 0.000551. The highest BCUT2D eigenvalue weighted by Crippen LogP contribution is 2.25. The van der Waals surface area contributed by atoms with Crippen LogP contribution in [0.3, 0.4) is 0 Å². The van der Waals surface area contributed by atoms with E-state index < -0.39 is 4.92 Å². The molecule has 1 aliphatic heterocycles. The van der Waals surface area contributed by atoms with Crippen LogP contribution in [-0.2, 0) is 0 Å². The molecule has 0 spiro atoms. The van der Waals surface area contributed by atoms with Gasteiger partial charge in [0.1, 0.15) is 5.76 Å². The van der Waals surface area contributed by atoms with Crippen LogP contribution >= 0.6 is 0 Å². The van der Waals surface area contributed by atoms with Gasteiger partial charge in [-0.3, -0.25) is 19.8 Å². The third kappa shape index (κ3) is 3.88. The Labute approximate surface area is 145 Å². The fourth-order valence-electron chi connectivity index (χ4n) is 3.24. The number of hydrogen-bond acceptors (Lipinski definition) is 5. The van der Waals surface area contributed by atoms with Crippen LogP contribution in [0, 0.1) is 17.0 Å². The first-order valence-corrected chi connectivity index (χ1v) is 8.37. The Balaban J connectivity index is 1.69. The molecule has 7 nitrogen and oxygen atoms in total. The smallest absolute Gasteiger partial charge is 0.272 e. The van der Waals surface area contributed by atoms with E-state index >= 15 is 0 Å². The van der Waals surface area contributed by atoms with Crippen molar-refractivity contribution in [3.8, 4) is 0 Å². The number of amides is 1. The molecular formula is C18H21N3O4. The topological polar surface area (TPSA) is 88.6 Å². The molecule has 2 heterocycles. The van der Waals surface area contributed by atoms with Crippen LogP contribution in [0.5, 0.6) is 0 Å². The molecule has 7 heteroatoms. The molecule has 3 rings (SSSR count). The van der Waals surface area contributed by atoms with Gasteiger partial charge in [0.15, 0.2) is 0 Å². The minimum Gasteiger partial charge on any atom is -0.468 e. The van der Waals surface area contributed by atoms with Crippen LogP contribution in [0.15, 0.2) is 41.0 Å². The average Bonchev–Trinajstić information content (AvgIpc) is 3.28. The summed E-state index contributed by atoms with van der Waals surface area (Å²) in [6.45, 7) is 4.03. The summed E-state index contributed by atoms with van der Waals surface area (Å²) in [5.74, 6) is 0.593. The number of carbonyl (C=O) groups is 1. The zero-order chi connectivity index (χ0) is 17.8. The SMILES string of the molecule is Cc1cc(C(=O)NCC(c2ccco2)N2CCCC2)ccc1[N+](=O)[O-]. The van der Waals surface area contributed by atoms with Gasteiger partial charge < -0.3 is 9.73 Å². The van der Waals surface area contributed by atoms with Gasteiger partial charge in [-0.2, -0.15) is 0 Å². The highest BCUT2D eigenvalue weighted by atomic mass is 16.6. The molecule has 2 aromatic rings. The van der Waals surface area contributed by atoms with E-state index in [1.54, 1.807) is 19.3 Å². The normalized spacial score (nSPS) is 15.9. The van der Waals surface area contributed by atoms with Crippen molar-refractivity contribution in [1.82, 2.24) is 10.2 Å². The minimum atomic E-state index is -0.447. The Bertz CT molecular complexity index is 752. The standard InChI is InChI=1S/C18H21N3O4/c1-13-11-14(6-7-15(13)21(23)24)18(22)19-12-16(17-5-4-10-25-17)20-8-2-3-9-20/h4-7,10-11,16H,2-3,8-9,12H2,1H3,(H,19,22). The number of benzene rings is 1. The van der Waals surface area contributed by atoms with Crippen LogP contribution in [0.25, 0.3) is 0 Å². The van der Waals surface area contributed by atoms with Crippen LogP contribution in [-0.4, -0.2) is 35.4 Å². The number of nitro benzene ring substituents is 1. The molecule has 0 aliphatic carbocycles. The lowest BCUT2D eigenvalue weighted by atomic mass is 10.1. The van der Waals surface area contributed by atoms with Crippen molar-refractivity contribution in [3.63, 3.8) is 0 Å². The summed E-state index contributed by atoms with van der Waals surface area (Å²) in [6, 6.07) is 8.17. The summed E-state index contributed by atoms with van der Waals surface area (Å²) in [5.41, 5.74) is 0.907. The fraction of sp³-hybridized carbons (Fsp3) is 0.389. The van der Waals surface area contributed by atoms with Gasteiger partial charge in [-0.25, -0.2) is 0 Å². The van der Waals surface area contributed by atoms with Crippen molar-refractivity contribution in [3.05, 3.63) is 63.6 Å². The van der Waals surface area contributed by atoms with E-state index in [1.807, 2.05) is 12.1 Å². The quantitative estimate of drug-likeness (QED) is 0.643. The lowest BCUT2D eigenvalue weighted by Gasteiger charge is -2.26. The van der Waals surface area contributed by atoms with E-state index in [1.165, 1.54) is 12.1 Å². The lowest BCUT2D eigenvalue weighted by Crippen LogP contribution is -2.36. The summed E-state index contributed by atoms with van der Waals surface area (Å²) in [4.78, 5) is 25.2. The van der Waals surface area contributed by atoms with Crippen LogP contribution in [0.1, 0.15) is 40.6 Å². The second kappa shape index (κ2) is 7.48. The van der Waals surface area contributed by atoms with Gasteiger partial charge in [0.25, 0.3) is 11.6 Å². The highest BCUT2D eigenvalue weighted by Gasteiger charge is 2.26. The van der Waals surface area contributed by atoms with E-state index in [2.05, 4.69) is 10.2 Å². The van der Waals surface area contributed by atoms with Gasteiger partial charge in [-0.15, -0.1) is 0 Å². The molecule has 1 aliphatic rings. The summed E-state index contributed by atoms with van der Waals surface area (Å²) in [5, 5.41) is 13.8. The lowest BCUT2D eigenvalue weighted by molar-refractivity contribution is -0.385. The van der Waals surface area contributed by atoms with Crippen LogP contribution < -0.4 is 5.32 Å². The maximum atomic E-state index is 12.4. The third-order valence-electron chi connectivity index (χ3n) is 4.56. The molecular weight excluding hydrogens is 322 g/mol. The van der Waals surface area contributed by atoms with Gasteiger partial charge in [0, 0.05) is 23.7 Å². The highest BCUT2D eigenvalue weighted by molar-refractivity contribution is 5.94. The molecule has 0 saturated carbocycles. The zero-order valence-electron chi connectivity index (χ0n) is 14.1. The van der Waals surface area contributed by atoms with Gasteiger partial charge in [-0.1, -0.05) is 0 Å². The number of nitrogens with one attached hydrogen (secondary N) is 1. The van der Waals surface area contributed by atoms with E-state index in [-0.39, 0.29) is 17.6 Å². The number of hydrogen-bond donors (Lipinski definition) is 1. The average molecular weight is 343 g/mol. The molecule has 1 N–H and O–H groups in total. The van der Waals surface area contributed by atoms with Gasteiger partial charge in [0.2, 0.25) is 0 Å². The Morgan fingerprint density at radius 1 is 1.36 bits per heavy atom. The number of rotatable bonds is 6. The molecule has 25 heavy (non-hydrogen) atoms. The maximum absolute atomic E-state index is 12.4. The molecule has 1 aromatic carbocycles. The molecule has 1 amide bonds. The van der Waals surface area contributed by atoms with E-state index in [0.717, 1.165) is 31.7 Å². The summed E-state index contributed by atoms with van der Waals surface area (Å²) < 4.78 is 5.54. The summed E-state index contributed by atoms with van der Waals surface area (Å²) >= 11 is 0. The Morgan fingerprint density at radius 3 is 2.72 bits per heavy atom. The predicted molar refractivity (Wildman–Crippen MR) is 92.4 cm³/mol. The Kier molecular flexibility index (Phi) is 5.14. The number of likely N-dealkylation sites (tertiary alicyclic amines) is 1. The van der Waals surface area contributed by atoms with Crippen LogP contribution in [0.4, 0.5) is 5.69 Å². The first-order chi connectivity index (χ1) is 12.1. The molecule has 1 saturated heterocycles. The maximum Gasteiger partial charge on any atom is 0.272 e. The van der Waals surface area contributed by atoms with Crippen molar-refractivity contribution in [2.24, 2.45) is 0 Å². The van der Waals surface area contributed by atoms with Crippen molar-refractivity contribution in [2.45, 2.75) is 25.8 Å². The number of furan rings is 1. The number of carbonyl (C=O) groups excluding carboxylic acids is 1. The first-order valence-electron chi connectivity index (χ1n) is 8.37. The molecule has 1 aromatic heterocycles. The summed E-state index contributed by atoms with van der Waals surface area (Å²) in [7, 11) is 0. The van der Waals surface area contributed by atoms with Gasteiger partial charge >= 0.3 is 0 Å². The van der Waals surface area contributed by atoms with E-state index in [9.17, 15) is 14.9 Å². The van der Waals surface area contributed by atoms with E-state index in [4.69, 9.17) is 4.42 Å². The molecule has 1 unspecified atom stereocenters. The predicted octanol–water partition coefficient (Wildman–Crippen LogP) is 3.06. The van der Waals surface area contributed by atoms with E-state index in [0.29, 0.717) is 17.7 Å². The molecule has 0 bridgehead atoms. The first kappa shape index (κ1) is 17.2. The van der Waals surface area contributed by atoms with Gasteiger partial charge in [-0.05, 0) is 57.1 Å². The molecule has 0 radical (unpaired) electrons. The van der Waals surface area contributed by atoms with Crippen molar-refractivity contribution in [1.29, 1.82) is 0 Å². The van der Waals surface area contributed by atoms with Crippen molar-refractivity contribution >= 4 is 11.6 Å². The third-order valence-corrected chi connectivity index (χ3v) is 4.56. The zero-order valence-corrected chi connectivity index (χ0v) is 14.1. The second-order valence-electron chi connectivity index (χ2n) is 6.24. The Morgan fingerprint density at radius 2 is 2.12 bits per heavy atom. The monoisotopic (exact) mass is 343 g/mol. The fourth-order valence-corrected chi connectivity index (χ4v) is 3.24. The molecule has 132 valence electrons. The Hall–Kier alpha value is -2.67. The van der Waals surface area contributed by atoms with Crippen molar-refractivity contribution in [2.75, 3.05) is 19.6 Å². The van der Waals surface area contributed by atoms with Crippen molar-refractivity contribution < 1.29 is 14.1 Å². The second-order valence-corrected chi connectivity index (χ2v) is 6.24. The number of nitrogens with zero attached hydrogens (tertiary/aromatic N) is 2. The number of aryl methyl sites for hydroxylation is 1. The largest absolute Gasteiger partial charge is 0.468 e.